The minimum absolute atomic E-state index is 0.0592. The first-order valence-corrected chi connectivity index (χ1v) is 4.27. The smallest absolute Gasteiger partial charge is 0.303 e. The molecule has 1 aliphatic carbocycles. The van der Waals surface area contributed by atoms with Crippen LogP contribution in [0.25, 0.3) is 0 Å². The topological polar surface area (TPSA) is 43.4 Å². The average Bonchev–Trinajstić information content (AvgIpc) is 1.94. The molecule has 1 saturated carbocycles. The van der Waals surface area contributed by atoms with Gasteiger partial charge in [0.25, 0.3) is 0 Å². The Hall–Kier alpha value is -0.860. The van der Waals surface area contributed by atoms with E-state index < -0.39 is 5.60 Å². The predicted molar refractivity (Wildman–Crippen MR) is 43.6 cm³/mol. The van der Waals surface area contributed by atoms with E-state index in [4.69, 9.17) is 4.74 Å². The van der Waals surface area contributed by atoms with E-state index in [1.165, 1.54) is 6.92 Å². The third kappa shape index (κ3) is 1.84. The fourth-order valence-electron chi connectivity index (χ4n) is 1.58. The maximum Gasteiger partial charge on any atom is 0.303 e. The van der Waals surface area contributed by atoms with Crippen LogP contribution in [0.4, 0.5) is 0 Å². The summed E-state index contributed by atoms with van der Waals surface area (Å²) in [7, 11) is 0. The van der Waals surface area contributed by atoms with Crippen LogP contribution in [-0.4, -0.2) is 17.4 Å². The highest BCUT2D eigenvalue weighted by atomic mass is 16.6. The Kier molecular flexibility index (Phi) is 2.50. The van der Waals surface area contributed by atoms with Gasteiger partial charge in [0.2, 0.25) is 0 Å². The average molecular weight is 170 g/mol. The fraction of sp³-hybridized carbons (Fsp3) is 0.778. The van der Waals surface area contributed by atoms with Crippen molar-refractivity contribution in [3.8, 4) is 0 Å². The third-order valence-electron chi connectivity index (χ3n) is 2.27. The van der Waals surface area contributed by atoms with Crippen molar-refractivity contribution >= 4 is 11.8 Å². The van der Waals surface area contributed by atoms with Crippen LogP contribution < -0.4 is 0 Å². The van der Waals surface area contributed by atoms with Crippen molar-refractivity contribution in [2.45, 2.75) is 45.1 Å². The molecule has 0 spiro atoms. The van der Waals surface area contributed by atoms with E-state index in [1.807, 2.05) is 0 Å². The molecule has 12 heavy (non-hydrogen) atoms. The molecule has 0 saturated heterocycles. The Labute approximate surface area is 72.1 Å². The second kappa shape index (κ2) is 3.25. The van der Waals surface area contributed by atoms with Gasteiger partial charge in [0.1, 0.15) is 0 Å². The zero-order valence-corrected chi connectivity index (χ0v) is 7.55. The van der Waals surface area contributed by atoms with Gasteiger partial charge in [-0.15, -0.1) is 0 Å². The summed E-state index contributed by atoms with van der Waals surface area (Å²) in [4.78, 5) is 22.1. The van der Waals surface area contributed by atoms with Crippen LogP contribution in [0, 0.1) is 0 Å². The Morgan fingerprint density at radius 3 is 2.67 bits per heavy atom. The molecule has 0 aliphatic heterocycles. The SMILES string of the molecule is CC(=O)OC1(C)CCCCC1=O. The van der Waals surface area contributed by atoms with Crippen molar-refractivity contribution in [2.24, 2.45) is 0 Å². The van der Waals surface area contributed by atoms with Crippen LogP contribution in [0.1, 0.15) is 39.5 Å². The summed E-state index contributed by atoms with van der Waals surface area (Å²) in [5, 5.41) is 0. The molecule has 3 heteroatoms. The van der Waals surface area contributed by atoms with E-state index in [2.05, 4.69) is 0 Å². The van der Waals surface area contributed by atoms with Crippen molar-refractivity contribution in [1.29, 1.82) is 0 Å². The van der Waals surface area contributed by atoms with Gasteiger partial charge in [0.05, 0.1) is 0 Å². The summed E-state index contributed by atoms with van der Waals surface area (Å²) in [5.41, 5.74) is -0.829. The largest absolute Gasteiger partial charge is 0.452 e. The summed E-state index contributed by atoms with van der Waals surface area (Å²) < 4.78 is 5.00. The van der Waals surface area contributed by atoms with Crippen LogP contribution in [0.3, 0.4) is 0 Å². The van der Waals surface area contributed by atoms with E-state index in [1.54, 1.807) is 6.92 Å². The molecule has 1 rings (SSSR count). The molecule has 0 N–H and O–H groups in total. The van der Waals surface area contributed by atoms with Gasteiger partial charge in [0, 0.05) is 13.3 Å². The second-order valence-electron chi connectivity index (χ2n) is 3.45. The molecule has 0 aromatic heterocycles. The van der Waals surface area contributed by atoms with E-state index in [0.29, 0.717) is 12.8 Å². The minimum atomic E-state index is -0.829. The highest BCUT2D eigenvalue weighted by molar-refractivity contribution is 5.89. The van der Waals surface area contributed by atoms with Crippen LogP contribution in [0.15, 0.2) is 0 Å². The van der Waals surface area contributed by atoms with E-state index in [0.717, 1.165) is 12.8 Å². The lowest BCUT2D eigenvalue weighted by Crippen LogP contribution is -2.42. The Morgan fingerprint density at radius 2 is 2.17 bits per heavy atom. The maximum absolute atomic E-state index is 11.4. The number of rotatable bonds is 1. The van der Waals surface area contributed by atoms with Crippen molar-refractivity contribution < 1.29 is 14.3 Å². The number of esters is 1. The first-order valence-electron chi connectivity index (χ1n) is 4.27. The van der Waals surface area contributed by atoms with Crippen molar-refractivity contribution in [2.75, 3.05) is 0 Å². The summed E-state index contributed by atoms with van der Waals surface area (Å²) in [6.45, 7) is 3.04. The van der Waals surface area contributed by atoms with Gasteiger partial charge in [-0.1, -0.05) is 0 Å². The molecule has 68 valence electrons. The number of carbonyl (C=O) groups excluding carboxylic acids is 2. The van der Waals surface area contributed by atoms with Crippen LogP contribution >= 0.6 is 0 Å². The first-order chi connectivity index (χ1) is 5.54. The molecular formula is C9H14O3. The molecule has 0 amide bonds. The maximum atomic E-state index is 11.4. The predicted octanol–water partition coefficient (Wildman–Crippen LogP) is 1.45. The summed E-state index contributed by atoms with van der Waals surface area (Å²) in [6.07, 6.45) is 3.11. The van der Waals surface area contributed by atoms with E-state index in [9.17, 15) is 9.59 Å². The lowest BCUT2D eigenvalue weighted by molar-refractivity contribution is -0.166. The molecule has 1 atom stereocenters. The molecule has 0 aromatic rings. The molecule has 1 unspecified atom stereocenters. The molecule has 1 aliphatic rings. The van der Waals surface area contributed by atoms with E-state index >= 15 is 0 Å². The summed E-state index contributed by atoms with van der Waals surface area (Å²) in [5.74, 6) is -0.309. The number of ketones is 1. The lowest BCUT2D eigenvalue weighted by atomic mass is 9.85. The second-order valence-corrected chi connectivity index (χ2v) is 3.45. The van der Waals surface area contributed by atoms with Crippen molar-refractivity contribution in [3.63, 3.8) is 0 Å². The van der Waals surface area contributed by atoms with Gasteiger partial charge in [0.15, 0.2) is 11.4 Å². The Morgan fingerprint density at radius 1 is 1.50 bits per heavy atom. The zero-order chi connectivity index (χ0) is 9.19. The van der Waals surface area contributed by atoms with Crippen molar-refractivity contribution in [1.82, 2.24) is 0 Å². The Bertz CT molecular complexity index is 210. The zero-order valence-electron chi connectivity index (χ0n) is 7.55. The molecule has 1 fully saturated rings. The molecular weight excluding hydrogens is 156 g/mol. The first kappa shape index (κ1) is 9.23. The van der Waals surface area contributed by atoms with Crippen molar-refractivity contribution in [3.05, 3.63) is 0 Å². The highest BCUT2D eigenvalue weighted by Gasteiger charge is 2.37. The standard InChI is InChI=1S/C9H14O3/c1-7(10)12-9(2)6-4-3-5-8(9)11/h3-6H2,1-2H3. The molecule has 0 heterocycles. The monoisotopic (exact) mass is 170 g/mol. The van der Waals surface area contributed by atoms with E-state index in [-0.39, 0.29) is 11.8 Å². The van der Waals surface area contributed by atoms with Gasteiger partial charge in [-0.2, -0.15) is 0 Å². The van der Waals surface area contributed by atoms with Gasteiger partial charge in [-0.05, 0) is 26.2 Å². The number of carbonyl (C=O) groups is 2. The van der Waals surface area contributed by atoms with Gasteiger partial charge < -0.3 is 4.74 Å². The normalized spacial score (nSPS) is 30.0. The number of hydrogen-bond donors (Lipinski definition) is 0. The quantitative estimate of drug-likeness (QED) is 0.559. The molecule has 0 aromatic carbocycles. The highest BCUT2D eigenvalue weighted by Crippen LogP contribution is 2.27. The Balaban J connectivity index is 2.66. The number of hydrogen-bond acceptors (Lipinski definition) is 3. The molecule has 0 radical (unpaired) electrons. The third-order valence-corrected chi connectivity index (χ3v) is 2.27. The van der Waals surface area contributed by atoms with Gasteiger partial charge >= 0.3 is 5.97 Å². The van der Waals surface area contributed by atoms with Crippen LogP contribution in [-0.2, 0) is 14.3 Å². The summed E-state index contributed by atoms with van der Waals surface area (Å²) in [6, 6.07) is 0. The molecule has 0 bridgehead atoms. The minimum Gasteiger partial charge on any atom is -0.452 e. The van der Waals surface area contributed by atoms with Crippen LogP contribution in [0.5, 0.6) is 0 Å². The number of ether oxygens (including phenoxy) is 1. The van der Waals surface area contributed by atoms with Crippen LogP contribution in [0.2, 0.25) is 0 Å². The lowest BCUT2D eigenvalue weighted by Gasteiger charge is -2.30. The fourth-order valence-corrected chi connectivity index (χ4v) is 1.58. The van der Waals surface area contributed by atoms with Gasteiger partial charge in [-0.25, -0.2) is 0 Å². The van der Waals surface area contributed by atoms with Gasteiger partial charge in [-0.3, -0.25) is 9.59 Å². The number of Topliss-reactive ketones (excluding diaryl/α,β-unsaturated/α-hetero) is 1. The summed E-state index contributed by atoms with van der Waals surface area (Å²) >= 11 is 0. The molecule has 3 nitrogen and oxygen atoms in total.